The van der Waals surface area contributed by atoms with E-state index in [1.807, 2.05) is 12.1 Å². The van der Waals surface area contributed by atoms with Crippen LogP contribution in [-0.4, -0.2) is 18.5 Å². The van der Waals surface area contributed by atoms with Crippen LogP contribution in [0.3, 0.4) is 0 Å². The summed E-state index contributed by atoms with van der Waals surface area (Å²) in [4.78, 5) is 14.2. The maximum absolute atomic E-state index is 11.7. The molecule has 1 atom stereocenters. The highest BCUT2D eigenvalue weighted by Gasteiger charge is 2.18. The van der Waals surface area contributed by atoms with Gasteiger partial charge in [-0.05, 0) is 56.9 Å². The van der Waals surface area contributed by atoms with E-state index >= 15 is 0 Å². The van der Waals surface area contributed by atoms with E-state index in [4.69, 9.17) is 0 Å². The lowest BCUT2D eigenvalue weighted by atomic mass is 10.0. The molecule has 0 saturated carbocycles. The number of nitrogens with one attached hydrogen (secondary N) is 1. The molecule has 1 unspecified atom stereocenters. The summed E-state index contributed by atoms with van der Waals surface area (Å²) in [5, 5.41) is 2.96. The Morgan fingerprint density at radius 2 is 2.05 bits per heavy atom. The van der Waals surface area contributed by atoms with Gasteiger partial charge in [0.25, 0.3) is 0 Å². The van der Waals surface area contributed by atoms with Gasteiger partial charge in [-0.1, -0.05) is 13.3 Å². The summed E-state index contributed by atoms with van der Waals surface area (Å²) < 4.78 is 0. The lowest BCUT2D eigenvalue weighted by Gasteiger charge is -2.35. The van der Waals surface area contributed by atoms with Crippen LogP contribution in [0.1, 0.15) is 52.4 Å². The number of hydrogen-bond acceptors (Lipinski definition) is 2. The lowest BCUT2D eigenvalue weighted by molar-refractivity contribution is -0.116. The minimum absolute atomic E-state index is 0.117. The van der Waals surface area contributed by atoms with Crippen LogP contribution < -0.4 is 10.2 Å². The average molecular weight is 274 g/mol. The molecule has 3 nitrogen and oxygen atoms in total. The van der Waals surface area contributed by atoms with Crippen molar-refractivity contribution in [3.63, 3.8) is 0 Å². The van der Waals surface area contributed by atoms with Crippen LogP contribution in [0.5, 0.6) is 0 Å². The van der Waals surface area contributed by atoms with Gasteiger partial charge < -0.3 is 10.2 Å². The molecule has 0 spiro atoms. The molecular formula is C17H26N2O. The molecule has 1 aromatic carbocycles. The van der Waals surface area contributed by atoms with Gasteiger partial charge in [-0.3, -0.25) is 4.79 Å². The van der Waals surface area contributed by atoms with Crippen LogP contribution >= 0.6 is 0 Å². The summed E-state index contributed by atoms with van der Waals surface area (Å²) in [5.74, 6) is 0.117. The van der Waals surface area contributed by atoms with Gasteiger partial charge in [-0.2, -0.15) is 0 Å². The molecule has 1 aliphatic rings. The first-order valence-corrected chi connectivity index (χ1v) is 7.87. The van der Waals surface area contributed by atoms with Gasteiger partial charge in [0.05, 0.1) is 0 Å². The Kier molecular flexibility index (Phi) is 5.45. The van der Waals surface area contributed by atoms with Crippen molar-refractivity contribution in [1.82, 2.24) is 0 Å². The van der Waals surface area contributed by atoms with Crippen molar-refractivity contribution in [2.24, 2.45) is 0 Å². The maximum atomic E-state index is 11.7. The van der Waals surface area contributed by atoms with E-state index in [1.54, 1.807) is 0 Å². The molecule has 1 saturated heterocycles. The van der Waals surface area contributed by atoms with Crippen molar-refractivity contribution in [3.8, 4) is 0 Å². The fourth-order valence-electron chi connectivity index (χ4n) is 2.78. The Labute approximate surface area is 122 Å². The molecule has 20 heavy (non-hydrogen) atoms. The zero-order valence-corrected chi connectivity index (χ0v) is 12.7. The third-order valence-electron chi connectivity index (χ3n) is 4.04. The molecule has 0 radical (unpaired) electrons. The normalized spacial score (nSPS) is 18.9. The Morgan fingerprint density at radius 3 is 2.70 bits per heavy atom. The second-order valence-corrected chi connectivity index (χ2v) is 5.74. The van der Waals surface area contributed by atoms with E-state index in [0.717, 1.165) is 25.1 Å². The van der Waals surface area contributed by atoms with Crippen molar-refractivity contribution in [2.45, 2.75) is 58.4 Å². The quantitative estimate of drug-likeness (QED) is 0.873. The molecule has 2 rings (SSSR count). The van der Waals surface area contributed by atoms with Gasteiger partial charge in [0, 0.05) is 30.4 Å². The molecule has 1 amide bonds. The highest BCUT2D eigenvalue weighted by Crippen LogP contribution is 2.25. The van der Waals surface area contributed by atoms with Crippen molar-refractivity contribution >= 4 is 17.3 Å². The van der Waals surface area contributed by atoms with Crippen LogP contribution in [0.25, 0.3) is 0 Å². The average Bonchev–Trinajstić information content (AvgIpc) is 2.47. The number of hydrogen-bond donors (Lipinski definition) is 1. The van der Waals surface area contributed by atoms with Crippen molar-refractivity contribution < 1.29 is 4.79 Å². The van der Waals surface area contributed by atoms with Crippen LogP contribution in [0, 0.1) is 0 Å². The highest BCUT2D eigenvalue weighted by molar-refractivity contribution is 5.90. The smallest absolute Gasteiger partial charge is 0.224 e. The summed E-state index contributed by atoms with van der Waals surface area (Å²) in [6.07, 6.45) is 6.51. The molecule has 3 heteroatoms. The summed E-state index contributed by atoms with van der Waals surface area (Å²) in [7, 11) is 0. The molecule has 0 aliphatic carbocycles. The summed E-state index contributed by atoms with van der Waals surface area (Å²) in [6.45, 7) is 5.53. The fourth-order valence-corrected chi connectivity index (χ4v) is 2.78. The van der Waals surface area contributed by atoms with Crippen molar-refractivity contribution in [3.05, 3.63) is 24.3 Å². The van der Waals surface area contributed by atoms with Gasteiger partial charge >= 0.3 is 0 Å². The number of anilines is 2. The van der Waals surface area contributed by atoms with Crippen LogP contribution in [0.2, 0.25) is 0 Å². The second-order valence-electron chi connectivity index (χ2n) is 5.74. The molecule has 1 N–H and O–H groups in total. The Balaban J connectivity index is 1.93. The third kappa shape index (κ3) is 3.99. The van der Waals surface area contributed by atoms with E-state index in [0.29, 0.717) is 12.5 Å². The standard InChI is InChI=1S/C17H26N2O/c1-3-4-8-17(20)18-15-9-11-16(12-10-15)19-13-6-5-7-14(19)2/h9-12,14H,3-8,13H2,1-2H3,(H,18,20). The summed E-state index contributed by atoms with van der Waals surface area (Å²) in [6, 6.07) is 8.89. The zero-order chi connectivity index (χ0) is 14.4. The minimum Gasteiger partial charge on any atom is -0.369 e. The number of piperidine rings is 1. The zero-order valence-electron chi connectivity index (χ0n) is 12.7. The number of unbranched alkanes of at least 4 members (excludes halogenated alkanes) is 1. The predicted molar refractivity (Wildman–Crippen MR) is 85.3 cm³/mol. The number of nitrogens with zero attached hydrogens (tertiary/aromatic N) is 1. The maximum Gasteiger partial charge on any atom is 0.224 e. The first-order chi connectivity index (χ1) is 9.70. The highest BCUT2D eigenvalue weighted by atomic mass is 16.1. The number of carbonyl (C=O) groups excluding carboxylic acids is 1. The molecule has 1 fully saturated rings. The molecule has 110 valence electrons. The van der Waals surface area contributed by atoms with E-state index in [1.165, 1.54) is 24.9 Å². The topological polar surface area (TPSA) is 32.3 Å². The largest absolute Gasteiger partial charge is 0.369 e. The number of amides is 1. The molecular weight excluding hydrogens is 248 g/mol. The minimum atomic E-state index is 0.117. The monoisotopic (exact) mass is 274 g/mol. The number of carbonyl (C=O) groups is 1. The molecule has 1 aromatic rings. The van der Waals surface area contributed by atoms with Crippen LogP contribution in [0.4, 0.5) is 11.4 Å². The van der Waals surface area contributed by atoms with E-state index in [2.05, 4.69) is 36.2 Å². The lowest BCUT2D eigenvalue weighted by Crippen LogP contribution is -2.37. The van der Waals surface area contributed by atoms with Crippen LogP contribution in [0.15, 0.2) is 24.3 Å². The van der Waals surface area contributed by atoms with E-state index < -0.39 is 0 Å². The van der Waals surface area contributed by atoms with E-state index in [9.17, 15) is 4.79 Å². The Bertz CT molecular complexity index is 427. The molecule has 0 aromatic heterocycles. The van der Waals surface area contributed by atoms with Gasteiger partial charge in [0.15, 0.2) is 0 Å². The van der Waals surface area contributed by atoms with Crippen LogP contribution in [-0.2, 0) is 4.79 Å². The van der Waals surface area contributed by atoms with Crippen molar-refractivity contribution in [1.29, 1.82) is 0 Å². The molecule has 1 heterocycles. The summed E-state index contributed by atoms with van der Waals surface area (Å²) >= 11 is 0. The third-order valence-corrected chi connectivity index (χ3v) is 4.04. The predicted octanol–water partition coefficient (Wildman–Crippen LogP) is 4.19. The number of benzene rings is 1. The molecule has 0 bridgehead atoms. The first kappa shape index (κ1) is 14.9. The molecule has 1 aliphatic heterocycles. The van der Waals surface area contributed by atoms with Gasteiger partial charge in [-0.15, -0.1) is 0 Å². The van der Waals surface area contributed by atoms with Gasteiger partial charge in [0.1, 0.15) is 0 Å². The number of rotatable bonds is 5. The Hall–Kier alpha value is -1.51. The SMILES string of the molecule is CCCCC(=O)Nc1ccc(N2CCCCC2C)cc1. The summed E-state index contributed by atoms with van der Waals surface area (Å²) in [5.41, 5.74) is 2.17. The fraction of sp³-hybridized carbons (Fsp3) is 0.588. The van der Waals surface area contributed by atoms with E-state index in [-0.39, 0.29) is 5.91 Å². The first-order valence-electron chi connectivity index (χ1n) is 7.87. The second kappa shape index (κ2) is 7.32. The van der Waals surface area contributed by atoms with Gasteiger partial charge in [-0.25, -0.2) is 0 Å². The van der Waals surface area contributed by atoms with Gasteiger partial charge in [0.2, 0.25) is 5.91 Å². The Morgan fingerprint density at radius 1 is 1.30 bits per heavy atom. The van der Waals surface area contributed by atoms with Crippen molar-refractivity contribution in [2.75, 3.05) is 16.8 Å².